The summed E-state index contributed by atoms with van der Waals surface area (Å²) in [5.41, 5.74) is 1.21. The standard InChI is InChI=1S/C11H12BrClO3/c1-3-16-11(14)8-5-9(13)7(6-12)4-10(8)15-2/h4-5H,3,6H2,1-2H3. The summed E-state index contributed by atoms with van der Waals surface area (Å²) < 4.78 is 10.0. The quantitative estimate of drug-likeness (QED) is 0.631. The molecule has 1 aromatic carbocycles. The summed E-state index contributed by atoms with van der Waals surface area (Å²) in [5.74, 6) is 0.0414. The Morgan fingerprint density at radius 1 is 1.50 bits per heavy atom. The molecule has 1 aromatic rings. The van der Waals surface area contributed by atoms with Crippen LogP contribution in [0, 0.1) is 0 Å². The monoisotopic (exact) mass is 306 g/mol. The maximum absolute atomic E-state index is 11.6. The van der Waals surface area contributed by atoms with Gasteiger partial charge in [-0.25, -0.2) is 4.79 Å². The smallest absolute Gasteiger partial charge is 0.341 e. The lowest BCUT2D eigenvalue weighted by molar-refractivity contribution is 0.0522. The first-order chi connectivity index (χ1) is 7.63. The topological polar surface area (TPSA) is 35.5 Å². The van der Waals surface area contributed by atoms with Crippen LogP contribution in [0.3, 0.4) is 0 Å². The van der Waals surface area contributed by atoms with Gasteiger partial charge in [0, 0.05) is 10.4 Å². The minimum Gasteiger partial charge on any atom is -0.496 e. The lowest BCUT2D eigenvalue weighted by Crippen LogP contribution is -2.07. The van der Waals surface area contributed by atoms with Crippen LogP contribution in [0.15, 0.2) is 12.1 Å². The molecule has 0 heterocycles. The van der Waals surface area contributed by atoms with Gasteiger partial charge in [-0.1, -0.05) is 27.5 Å². The average molecular weight is 308 g/mol. The number of carbonyl (C=O) groups excluding carboxylic acids is 1. The predicted octanol–water partition coefficient (Wildman–Crippen LogP) is 3.42. The third-order valence-corrected chi connectivity index (χ3v) is 2.96. The first kappa shape index (κ1) is 13.3. The minimum atomic E-state index is -0.428. The number of alkyl halides is 1. The van der Waals surface area contributed by atoms with E-state index in [9.17, 15) is 4.79 Å². The first-order valence-corrected chi connectivity index (χ1v) is 6.23. The Morgan fingerprint density at radius 3 is 2.69 bits per heavy atom. The highest BCUT2D eigenvalue weighted by Gasteiger charge is 2.16. The van der Waals surface area contributed by atoms with Crippen LogP contribution >= 0.6 is 27.5 Å². The molecule has 0 aromatic heterocycles. The average Bonchev–Trinajstić information content (AvgIpc) is 2.29. The summed E-state index contributed by atoms with van der Waals surface area (Å²) in [4.78, 5) is 11.6. The van der Waals surface area contributed by atoms with Crippen molar-refractivity contribution in [1.29, 1.82) is 0 Å². The summed E-state index contributed by atoms with van der Waals surface area (Å²) in [7, 11) is 1.50. The van der Waals surface area contributed by atoms with Crippen molar-refractivity contribution in [3.63, 3.8) is 0 Å². The minimum absolute atomic E-state index is 0.319. The Hall–Kier alpha value is -0.740. The molecule has 0 saturated heterocycles. The highest BCUT2D eigenvalue weighted by molar-refractivity contribution is 9.08. The van der Waals surface area contributed by atoms with Gasteiger partial charge in [0.1, 0.15) is 11.3 Å². The van der Waals surface area contributed by atoms with E-state index >= 15 is 0 Å². The van der Waals surface area contributed by atoms with E-state index in [0.29, 0.717) is 28.3 Å². The fourth-order valence-electron chi connectivity index (χ4n) is 1.24. The van der Waals surface area contributed by atoms with Crippen LogP contribution in [0.5, 0.6) is 5.75 Å². The second-order valence-corrected chi connectivity index (χ2v) is 3.97. The number of carbonyl (C=O) groups is 1. The number of methoxy groups -OCH3 is 1. The molecule has 88 valence electrons. The van der Waals surface area contributed by atoms with Crippen molar-refractivity contribution < 1.29 is 14.3 Å². The number of ether oxygens (including phenoxy) is 2. The van der Waals surface area contributed by atoms with Gasteiger partial charge in [0.25, 0.3) is 0 Å². The van der Waals surface area contributed by atoms with E-state index in [4.69, 9.17) is 21.1 Å². The number of hydrogen-bond donors (Lipinski definition) is 0. The second kappa shape index (κ2) is 6.11. The van der Waals surface area contributed by atoms with E-state index in [-0.39, 0.29) is 0 Å². The molecular formula is C11H12BrClO3. The predicted molar refractivity (Wildman–Crippen MR) is 66.6 cm³/mol. The fourth-order valence-corrected chi connectivity index (χ4v) is 2.09. The number of halogens is 2. The lowest BCUT2D eigenvalue weighted by Gasteiger charge is -2.10. The maximum Gasteiger partial charge on any atom is 0.341 e. The Morgan fingerprint density at radius 2 is 2.19 bits per heavy atom. The SMILES string of the molecule is CCOC(=O)c1cc(Cl)c(CBr)cc1OC. The molecular weight excluding hydrogens is 295 g/mol. The summed E-state index contributed by atoms with van der Waals surface area (Å²) in [6, 6.07) is 3.29. The van der Waals surface area contributed by atoms with Crippen molar-refractivity contribution in [2.45, 2.75) is 12.3 Å². The molecule has 0 aliphatic carbocycles. The van der Waals surface area contributed by atoms with Gasteiger partial charge in [0.05, 0.1) is 13.7 Å². The van der Waals surface area contributed by atoms with Crippen molar-refractivity contribution >= 4 is 33.5 Å². The highest BCUT2D eigenvalue weighted by Crippen LogP contribution is 2.29. The molecule has 0 amide bonds. The summed E-state index contributed by atoms with van der Waals surface area (Å²) >= 11 is 9.32. The normalized spacial score (nSPS) is 10.0. The molecule has 0 radical (unpaired) electrons. The number of esters is 1. The molecule has 0 spiro atoms. The molecule has 0 bridgehead atoms. The molecule has 16 heavy (non-hydrogen) atoms. The van der Waals surface area contributed by atoms with Crippen LogP contribution in [0.2, 0.25) is 5.02 Å². The molecule has 0 aliphatic rings. The van der Waals surface area contributed by atoms with Crippen LogP contribution in [-0.2, 0) is 10.1 Å². The Balaban J connectivity index is 3.17. The van der Waals surface area contributed by atoms with Gasteiger partial charge in [-0.05, 0) is 24.6 Å². The number of rotatable bonds is 4. The molecule has 5 heteroatoms. The second-order valence-electron chi connectivity index (χ2n) is 3.00. The molecule has 0 aliphatic heterocycles. The summed E-state index contributed by atoms with van der Waals surface area (Å²) in [6.07, 6.45) is 0. The summed E-state index contributed by atoms with van der Waals surface area (Å²) in [5, 5.41) is 1.12. The third kappa shape index (κ3) is 2.89. The van der Waals surface area contributed by atoms with Gasteiger partial charge in [-0.3, -0.25) is 0 Å². The van der Waals surface area contributed by atoms with Crippen LogP contribution < -0.4 is 4.74 Å². The van der Waals surface area contributed by atoms with Gasteiger partial charge in [0.15, 0.2) is 0 Å². The zero-order chi connectivity index (χ0) is 12.1. The first-order valence-electron chi connectivity index (χ1n) is 4.73. The van der Waals surface area contributed by atoms with E-state index in [1.165, 1.54) is 7.11 Å². The van der Waals surface area contributed by atoms with Crippen molar-refractivity contribution in [1.82, 2.24) is 0 Å². The molecule has 0 saturated carbocycles. The van der Waals surface area contributed by atoms with Crippen LogP contribution in [0.25, 0.3) is 0 Å². The Kier molecular flexibility index (Phi) is 5.09. The Bertz CT molecular complexity index is 393. The van der Waals surface area contributed by atoms with Gasteiger partial charge in [-0.15, -0.1) is 0 Å². The van der Waals surface area contributed by atoms with E-state index in [0.717, 1.165) is 5.56 Å². The van der Waals surface area contributed by atoms with E-state index in [2.05, 4.69) is 15.9 Å². The van der Waals surface area contributed by atoms with Gasteiger partial charge < -0.3 is 9.47 Å². The van der Waals surface area contributed by atoms with E-state index in [1.807, 2.05) is 0 Å². The van der Waals surface area contributed by atoms with Gasteiger partial charge in [0.2, 0.25) is 0 Å². The Labute approximate surface area is 108 Å². The van der Waals surface area contributed by atoms with Crippen molar-refractivity contribution in [3.8, 4) is 5.75 Å². The fraction of sp³-hybridized carbons (Fsp3) is 0.364. The largest absolute Gasteiger partial charge is 0.496 e. The third-order valence-electron chi connectivity index (χ3n) is 2.01. The zero-order valence-corrected chi connectivity index (χ0v) is 11.4. The molecule has 0 fully saturated rings. The molecule has 0 N–H and O–H groups in total. The van der Waals surface area contributed by atoms with E-state index in [1.54, 1.807) is 19.1 Å². The van der Waals surface area contributed by atoms with Crippen molar-refractivity contribution in [3.05, 3.63) is 28.3 Å². The number of benzene rings is 1. The lowest BCUT2D eigenvalue weighted by atomic mass is 10.1. The highest BCUT2D eigenvalue weighted by atomic mass is 79.9. The van der Waals surface area contributed by atoms with Gasteiger partial charge >= 0.3 is 5.97 Å². The molecule has 0 atom stereocenters. The summed E-state index contributed by atoms with van der Waals surface area (Å²) in [6.45, 7) is 2.07. The molecule has 1 rings (SSSR count). The van der Waals surface area contributed by atoms with Crippen molar-refractivity contribution in [2.24, 2.45) is 0 Å². The zero-order valence-electron chi connectivity index (χ0n) is 9.05. The van der Waals surface area contributed by atoms with Crippen LogP contribution in [-0.4, -0.2) is 19.7 Å². The maximum atomic E-state index is 11.6. The molecule has 0 unspecified atom stereocenters. The van der Waals surface area contributed by atoms with Gasteiger partial charge in [-0.2, -0.15) is 0 Å². The van der Waals surface area contributed by atoms with Crippen LogP contribution in [0.1, 0.15) is 22.8 Å². The van der Waals surface area contributed by atoms with Crippen molar-refractivity contribution in [2.75, 3.05) is 13.7 Å². The van der Waals surface area contributed by atoms with E-state index < -0.39 is 5.97 Å². The number of hydrogen-bond acceptors (Lipinski definition) is 3. The molecule has 3 nitrogen and oxygen atoms in total. The van der Waals surface area contributed by atoms with Crippen LogP contribution in [0.4, 0.5) is 0 Å².